The van der Waals surface area contributed by atoms with Gasteiger partial charge in [-0.1, -0.05) is 63.2 Å². The minimum Gasteiger partial charge on any atom is -0.461 e. The van der Waals surface area contributed by atoms with Crippen molar-refractivity contribution in [3.8, 4) is 0 Å². The zero-order valence-electron chi connectivity index (χ0n) is 23.2. The summed E-state index contributed by atoms with van der Waals surface area (Å²) in [7, 11) is 0. The van der Waals surface area contributed by atoms with Gasteiger partial charge in [0.05, 0.1) is 34.9 Å². The number of aryl methyl sites for hydroxylation is 1. The molecule has 0 radical (unpaired) electrons. The Morgan fingerprint density at radius 2 is 2.03 bits per heavy atom. The van der Waals surface area contributed by atoms with Gasteiger partial charge < -0.3 is 24.4 Å². The maximum atomic E-state index is 14.7. The van der Waals surface area contributed by atoms with Gasteiger partial charge in [0, 0.05) is 6.54 Å². The third-order valence-corrected chi connectivity index (χ3v) is 9.11. The van der Waals surface area contributed by atoms with E-state index in [1.165, 1.54) is 11.0 Å². The topological polar surface area (TPSA) is 96.4 Å². The van der Waals surface area contributed by atoms with E-state index in [-0.39, 0.29) is 37.5 Å². The molecule has 3 heterocycles. The number of carbonyl (C=O) groups excluding carboxylic acids is 3. The highest BCUT2D eigenvalue weighted by Gasteiger charge is 2.79. The molecule has 3 fully saturated rings. The summed E-state index contributed by atoms with van der Waals surface area (Å²) < 4.78 is 12.3. The van der Waals surface area contributed by atoms with E-state index in [4.69, 9.17) is 21.1 Å². The molecule has 2 unspecified atom stereocenters. The van der Waals surface area contributed by atoms with Crippen LogP contribution in [0.2, 0.25) is 5.02 Å². The summed E-state index contributed by atoms with van der Waals surface area (Å²) in [5.74, 6) is -3.23. The van der Waals surface area contributed by atoms with Crippen molar-refractivity contribution < 1.29 is 29.0 Å². The molecule has 39 heavy (non-hydrogen) atoms. The van der Waals surface area contributed by atoms with Gasteiger partial charge in [-0.3, -0.25) is 14.4 Å². The minimum absolute atomic E-state index is 0.0132. The van der Waals surface area contributed by atoms with Crippen molar-refractivity contribution in [1.82, 2.24) is 4.90 Å². The van der Waals surface area contributed by atoms with Crippen molar-refractivity contribution in [2.45, 2.75) is 70.2 Å². The third kappa shape index (κ3) is 4.41. The lowest BCUT2D eigenvalue weighted by atomic mass is 9.65. The van der Waals surface area contributed by atoms with Crippen molar-refractivity contribution in [1.29, 1.82) is 0 Å². The van der Waals surface area contributed by atoms with Crippen LogP contribution in [-0.4, -0.2) is 70.8 Å². The predicted octanol–water partition coefficient (Wildman–Crippen LogP) is 4.07. The molecule has 212 valence electrons. The summed E-state index contributed by atoms with van der Waals surface area (Å²) in [5, 5.41) is 10.8. The minimum atomic E-state index is -1.25. The van der Waals surface area contributed by atoms with E-state index in [0.29, 0.717) is 30.0 Å². The molecule has 3 aliphatic rings. The van der Waals surface area contributed by atoms with E-state index in [1.54, 1.807) is 17.0 Å². The average molecular weight is 559 g/mol. The second-order valence-electron chi connectivity index (χ2n) is 11.1. The third-order valence-electron chi connectivity index (χ3n) is 8.80. The Balaban J connectivity index is 1.90. The van der Waals surface area contributed by atoms with Crippen LogP contribution >= 0.6 is 11.6 Å². The number of hydrogen-bond donors (Lipinski definition) is 1. The standard InChI is InChI=1S/C30H39ClN2O6/c1-7-15-32(24-19(6)11-10-12-20(24)31)27(36)25-30-14-13-29(9-3,39-30)23(28(37)38-16-8-2)22(30)26(35)33(25)21(17-34)18(4)5/h7-8,10-12,18,21-23,25,34H,1-2,9,13-17H2,3-6H3/t21-,22-,23-,25?,29+,30?/m0/s1. The van der Waals surface area contributed by atoms with Crippen molar-refractivity contribution in [3.05, 3.63) is 54.1 Å². The lowest BCUT2D eigenvalue weighted by molar-refractivity contribution is -0.161. The number of amides is 2. The van der Waals surface area contributed by atoms with Crippen molar-refractivity contribution in [2.24, 2.45) is 17.8 Å². The van der Waals surface area contributed by atoms with Crippen LogP contribution in [0.25, 0.3) is 0 Å². The van der Waals surface area contributed by atoms with Crippen LogP contribution in [0.3, 0.4) is 0 Å². The lowest BCUT2D eigenvalue weighted by Crippen LogP contribution is -2.60. The van der Waals surface area contributed by atoms with Crippen LogP contribution in [0.5, 0.6) is 0 Å². The van der Waals surface area contributed by atoms with Crippen LogP contribution in [0.1, 0.15) is 45.6 Å². The zero-order chi connectivity index (χ0) is 28.7. The van der Waals surface area contributed by atoms with E-state index in [2.05, 4.69) is 13.2 Å². The molecule has 6 atom stereocenters. The second-order valence-corrected chi connectivity index (χ2v) is 11.5. The Kier molecular flexibility index (Phi) is 8.31. The highest BCUT2D eigenvalue weighted by molar-refractivity contribution is 6.34. The van der Waals surface area contributed by atoms with Gasteiger partial charge >= 0.3 is 5.97 Å². The number of esters is 1. The van der Waals surface area contributed by atoms with Gasteiger partial charge in [0.25, 0.3) is 5.91 Å². The monoisotopic (exact) mass is 558 g/mol. The zero-order valence-corrected chi connectivity index (χ0v) is 23.9. The molecule has 0 aromatic heterocycles. The number of aliphatic hydroxyl groups excluding tert-OH is 1. The van der Waals surface area contributed by atoms with E-state index in [0.717, 1.165) is 5.56 Å². The molecular weight excluding hydrogens is 520 g/mol. The first-order chi connectivity index (χ1) is 18.5. The Morgan fingerprint density at radius 1 is 1.31 bits per heavy atom. The number of carbonyl (C=O) groups is 3. The smallest absolute Gasteiger partial charge is 0.313 e. The van der Waals surface area contributed by atoms with Gasteiger partial charge in [-0.05, 0) is 43.7 Å². The molecule has 1 aromatic rings. The quantitative estimate of drug-likeness (QED) is 0.325. The van der Waals surface area contributed by atoms with Gasteiger partial charge in [-0.2, -0.15) is 0 Å². The number of fused-ring (bicyclic) bond motifs is 1. The normalized spacial score (nSPS) is 29.9. The Morgan fingerprint density at radius 3 is 2.59 bits per heavy atom. The Hall–Kier alpha value is -2.68. The Bertz CT molecular complexity index is 1150. The van der Waals surface area contributed by atoms with E-state index in [1.807, 2.05) is 39.8 Å². The molecule has 8 nitrogen and oxygen atoms in total. The number of halogens is 1. The Labute approximate surface area is 235 Å². The van der Waals surface area contributed by atoms with Gasteiger partial charge in [0.1, 0.15) is 24.2 Å². The average Bonchev–Trinajstić information content (AvgIpc) is 3.50. The molecule has 2 bridgehead atoms. The van der Waals surface area contributed by atoms with Crippen LogP contribution < -0.4 is 4.90 Å². The van der Waals surface area contributed by atoms with Gasteiger partial charge in [0.2, 0.25) is 5.91 Å². The van der Waals surface area contributed by atoms with Gasteiger partial charge in [-0.25, -0.2) is 0 Å². The molecule has 0 aliphatic carbocycles. The highest BCUT2D eigenvalue weighted by atomic mass is 35.5. The molecule has 1 spiro atoms. The molecule has 9 heteroatoms. The molecule has 3 aliphatic heterocycles. The molecule has 3 saturated heterocycles. The number of benzene rings is 1. The van der Waals surface area contributed by atoms with Crippen molar-refractivity contribution in [3.63, 3.8) is 0 Å². The summed E-state index contributed by atoms with van der Waals surface area (Å²) in [4.78, 5) is 45.6. The predicted molar refractivity (Wildman–Crippen MR) is 149 cm³/mol. The number of hydrogen-bond acceptors (Lipinski definition) is 6. The fraction of sp³-hybridized carbons (Fsp3) is 0.567. The first-order valence-electron chi connectivity index (χ1n) is 13.6. The molecule has 2 amide bonds. The number of aliphatic hydroxyl groups is 1. The van der Waals surface area contributed by atoms with E-state index in [9.17, 15) is 19.5 Å². The largest absolute Gasteiger partial charge is 0.461 e. The molecule has 1 N–H and O–H groups in total. The fourth-order valence-electron chi connectivity index (χ4n) is 7.04. The van der Waals surface area contributed by atoms with Crippen LogP contribution in [0.15, 0.2) is 43.5 Å². The highest BCUT2D eigenvalue weighted by Crippen LogP contribution is 2.65. The fourth-order valence-corrected chi connectivity index (χ4v) is 7.36. The van der Waals surface area contributed by atoms with Crippen LogP contribution in [0, 0.1) is 24.7 Å². The second kappa shape index (κ2) is 11.1. The van der Waals surface area contributed by atoms with Crippen LogP contribution in [0.4, 0.5) is 5.69 Å². The summed E-state index contributed by atoms with van der Waals surface area (Å²) in [6.45, 7) is 14.9. The number of para-hydroxylation sites is 1. The number of nitrogens with zero attached hydrogens (tertiary/aromatic N) is 2. The molecule has 0 saturated carbocycles. The molecule has 1 aromatic carbocycles. The number of rotatable bonds is 11. The van der Waals surface area contributed by atoms with Gasteiger partial charge in [0.15, 0.2) is 0 Å². The SMILES string of the molecule is C=CCOC(=O)[C@@H]1[C@H]2C(=O)N([C@@H](CO)C(C)C)C(C(=O)N(CC=C)c3c(C)cccc3Cl)C23CC[C@@]1(CC)O3. The van der Waals surface area contributed by atoms with Gasteiger partial charge in [-0.15, -0.1) is 6.58 Å². The maximum Gasteiger partial charge on any atom is 0.313 e. The summed E-state index contributed by atoms with van der Waals surface area (Å²) in [5.41, 5.74) is -0.850. The molecule has 4 rings (SSSR count). The van der Waals surface area contributed by atoms with Crippen molar-refractivity contribution >= 4 is 35.1 Å². The van der Waals surface area contributed by atoms with E-state index < -0.39 is 41.1 Å². The van der Waals surface area contributed by atoms with Crippen molar-refractivity contribution in [2.75, 3.05) is 24.7 Å². The maximum absolute atomic E-state index is 14.7. The summed E-state index contributed by atoms with van der Waals surface area (Å²) in [6, 6.07) is 3.66. The van der Waals surface area contributed by atoms with Crippen LogP contribution in [-0.2, 0) is 23.9 Å². The summed E-state index contributed by atoms with van der Waals surface area (Å²) in [6.07, 6.45) is 4.51. The first-order valence-corrected chi connectivity index (χ1v) is 14.0. The van der Waals surface area contributed by atoms with E-state index >= 15 is 0 Å². The summed E-state index contributed by atoms with van der Waals surface area (Å²) >= 11 is 6.61. The number of anilines is 1. The number of likely N-dealkylation sites (tertiary alicyclic amines) is 1. The number of ether oxygens (including phenoxy) is 2. The first kappa shape index (κ1) is 29.3. The lowest BCUT2D eigenvalue weighted by Gasteiger charge is -2.41. The molecular formula is C30H39ClN2O6.